The zero-order valence-corrected chi connectivity index (χ0v) is 12.9. The van der Waals surface area contributed by atoms with E-state index < -0.39 is 0 Å². The highest BCUT2D eigenvalue weighted by Gasteiger charge is 2.12. The Bertz CT molecular complexity index is 728. The van der Waals surface area contributed by atoms with Crippen molar-refractivity contribution in [1.82, 2.24) is 0 Å². The van der Waals surface area contributed by atoms with Gasteiger partial charge in [0, 0.05) is 11.0 Å². The lowest BCUT2D eigenvalue weighted by molar-refractivity contribution is -0.111. The van der Waals surface area contributed by atoms with E-state index in [1.807, 2.05) is 48.7 Å². The first kappa shape index (κ1) is 14.5. The Morgan fingerprint density at radius 1 is 1.18 bits per heavy atom. The molecule has 0 aromatic heterocycles. The normalized spacial score (nSPS) is 12.6. The SMILES string of the molecule is CSc1ccccc1NC(=O)/C=C/c1ccc2c(c1)OCO2. The second-order valence-corrected chi connectivity index (χ2v) is 5.48. The number of amides is 1. The Hall–Kier alpha value is -2.40. The van der Waals surface area contributed by atoms with Crippen LogP contribution in [0.1, 0.15) is 5.56 Å². The summed E-state index contributed by atoms with van der Waals surface area (Å²) in [7, 11) is 0. The molecule has 3 rings (SSSR count). The fourth-order valence-corrected chi connectivity index (χ4v) is 2.66. The van der Waals surface area contributed by atoms with E-state index in [1.165, 1.54) is 6.08 Å². The monoisotopic (exact) mass is 313 g/mol. The molecule has 0 unspecified atom stereocenters. The fraction of sp³-hybridized carbons (Fsp3) is 0.118. The number of nitrogens with one attached hydrogen (secondary N) is 1. The number of anilines is 1. The molecule has 5 heteroatoms. The topological polar surface area (TPSA) is 47.6 Å². The van der Waals surface area contributed by atoms with Crippen molar-refractivity contribution >= 4 is 29.4 Å². The van der Waals surface area contributed by atoms with Crippen LogP contribution in [-0.2, 0) is 4.79 Å². The van der Waals surface area contributed by atoms with Gasteiger partial charge >= 0.3 is 0 Å². The maximum absolute atomic E-state index is 12.0. The van der Waals surface area contributed by atoms with Gasteiger partial charge in [-0.15, -0.1) is 11.8 Å². The summed E-state index contributed by atoms with van der Waals surface area (Å²) in [6, 6.07) is 13.3. The number of thioether (sulfide) groups is 1. The van der Waals surface area contributed by atoms with Gasteiger partial charge in [-0.05, 0) is 42.2 Å². The van der Waals surface area contributed by atoms with E-state index in [2.05, 4.69) is 5.32 Å². The van der Waals surface area contributed by atoms with Gasteiger partial charge in [0.25, 0.3) is 0 Å². The van der Waals surface area contributed by atoms with Gasteiger partial charge in [-0.25, -0.2) is 0 Å². The summed E-state index contributed by atoms with van der Waals surface area (Å²) in [5, 5.41) is 2.88. The van der Waals surface area contributed by atoms with Crippen molar-refractivity contribution in [2.45, 2.75) is 4.90 Å². The van der Waals surface area contributed by atoms with Crippen molar-refractivity contribution in [3.8, 4) is 11.5 Å². The predicted molar refractivity (Wildman–Crippen MR) is 88.5 cm³/mol. The molecule has 112 valence electrons. The third-order valence-corrected chi connectivity index (χ3v) is 3.98. The summed E-state index contributed by atoms with van der Waals surface area (Å²) in [6.45, 7) is 0.244. The summed E-state index contributed by atoms with van der Waals surface area (Å²) in [5.41, 5.74) is 1.70. The fourth-order valence-electron chi connectivity index (χ4n) is 2.11. The van der Waals surface area contributed by atoms with Crippen LogP contribution in [0, 0.1) is 0 Å². The van der Waals surface area contributed by atoms with Crippen molar-refractivity contribution in [2.24, 2.45) is 0 Å². The molecule has 1 aliphatic heterocycles. The molecule has 2 aromatic rings. The highest BCUT2D eigenvalue weighted by Crippen LogP contribution is 2.32. The number of hydrogen-bond acceptors (Lipinski definition) is 4. The standard InChI is InChI=1S/C17H15NO3S/c1-22-16-5-3-2-4-13(16)18-17(19)9-7-12-6-8-14-15(10-12)21-11-20-14/h2-10H,11H2,1H3,(H,18,19)/b9-7+. The Kier molecular flexibility index (Phi) is 4.34. The van der Waals surface area contributed by atoms with Crippen LogP contribution in [0.15, 0.2) is 53.4 Å². The van der Waals surface area contributed by atoms with Crippen LogP contribution in [-0.4, -0.2) is 19.0 Å². The van der Waals surface area contributed by atoms with Gasteiger partial charge in [-0.1, -0.05) is 18.2 Å². The van der Waals surface area contributed by atoms with Crippen LogP contribution in [0.2, 0.25) is 0 Å². The third-order valence-electron chi connectivity index (χ3n) is 3.19. The molecule has 22 heavy (non-hydrogen) atoms. The molecule has 0 aliphatic carbocycles. The molecule has 1 N–H and O–H groups in total. The Balaban J connectivity index is 1.69. The predicted octanol–water partition coefficient (Wildman–Crippen LogP) is 3.79. The van der Waals surface area contributed by atoms with E-state index in [-0.39, 0.29) is 12.7 Å². The number of carbonyl (C=O) groups is 1. The molecule has 0 saturated heterocycles. The lowest BCUT2D eigenvalue weighted by atomic mass is 10.2. The molecule has 0 spiro atoms. The first-order valence-corrected chi connectivity index (χ1v) is 8.00. The number of benzene rings is 2. The van der Waals surface area contributed by atoms with Gasteiger partial charge in [0.1, 0.15) is 0 Å². The molecule has 0 fully saturated rings. The zero-order chi connectivity index (χ0) is 15.4. The van der Waals surface area contributed by atoms with Crippen molar-refractivity contribution in [1.29, 1.82) is 0 Å². The van der Waals surface area contributed by atoms with Gasteiger partial charge < -0.3 is 14.8 Å². The highest BCUT2D eigenvalue weighted by molar-refractivity contribution is 7.98. The second kappa shape index (κ2) is 6.58. The number of carbonyl (C=O) groups excluding carboxylic acids is 1. The third kappa shape index (κ3) is 3.26. The van der Waals surface area contributed by atoms with E-state index in [9.17, 15) is 4.79 Å². The smallest absolute Gasteiger partial charge is 0.248 e. The van der Waals surface area contributed by atoms with E-state index in [0.29, 0.717) is 5.75 Å². The highest BCUT2D eigenvalue weighted by atomic mass is 32.2. The zero-order valence-electron chi connectivity index (χ0n) is 12.0. The van der Waals surface area contributed by atoms with Gasteiger partial charge in [0.2, 0.25) is 12.7 Å². The number of fused-ring (bicyclic) bond motifs is 1. The van der Waals surface area contributed by atoms with Gasteiger partial charge in [-0.3, -0.25) is 4.79 Å². The minimum atomic E-state index is -0.167. The molecule has 0 bridgehead atoms. The molecule has 1 heterocycles. The molecule has 0 radical (unpaired) electrons. The first-order chi connectivity index (χ1) is 10.8. The maximum atomic E-state index is 12.0. The van der Waals surface area contributed by atoms with Gasteiger partial charge in [0.15, 0.2) is 11.5 Å². The summed E-state index contributed by atoms with van der Waals surface area (Å²) < 4.78 is 10.6. The Morgan fingerprint density at radius 3 is 2.86 bits per heavy atom. The van der Waals surface area contributed by atoms with Gasteiger partial charge in [-0.2, -0.15) is 0 Å². The molecular formula is C17H15NO3S. The lowest BCUT2D eigenvalue weighted by Crippen LogP contribution is -2.08. The molecule has 0 atom stereocenters. The molecule has 4 nitrogen and oxygen atoms in total. The molecule has 0 saturated carbocycles. The maximum Gasteiger partial charge on any atom is 0.248 e. The Labute approximate surface area is 133 Å². The van der Waals surface area contributed by atoms with E-state index >= 15 is 0 Å². The quantitative estimate of drug-likeness (QED) is 0.689. The van der Waals surface area contributed by atoms with Crippen molar-refractivity contribution < 1.29 is 14.3 Å². The number of rotatable bonds is 4. The second-order valence-electron chi connectivity index (χ2n) is 4.64. The average Bonchev–Trinajstić information content (AvgIpc) is 3.01. The summed E-state index contributed by atoms with van der Waals surface area (Å²) in [4.78, 5) is 13.1. The summed E-state index contributed by atoms with van der Waals surface area (Å²) in [6.07, 6.45) is 5.24. The van der Waals surface area contributed by atoms with E-state index in [0.717, 1.165) is 21.9 Å². The molecular weight excluding hydrogens is 298 g/mol. The van der Waals surface area contributed by atoms with Crippen LogP contribution in [0.5, 0.6) is 11.5 Å². The molecule has 1 amide bonds. The average molecular weight is 313 g/mol. The van der Waals surface area contributed by atoms with E-state index in [1.54, 1.807) is 17.8 Å². The van der Waals surface area contributed by atoms with Crippen molar-refractivity contribution in [3.05, 3.63) is 54.1 Å². The number of hydrogen-bond donors (Lipinski definition) is 1. The number of ether oxygens (including phenoxy) is 2. The summed E-state index contributed by atoms with van der Waals surface area (Å²) >= 11 is 1.60. The molecule has 2 aromatic carbocycles. The lowest BCUT2D eigenvalue weighted by Gasteiger charge is -2.06. The minimum Gasteiger partial charge on any atom is -0.454 e. The Morgan fingerprint density at radius 2 is 2.00 bits per heavy atom. The van der Waals surface area contributed by atoms with Crippen LogP contribution in [0.4, 0.5) is 5.69 Å². The minimum absolute atomic E-state index is 0.167. The van der Waals surface area contributed by atoms with Crippen LogP contribution >= 0.6 is 11.8 Å². The molecule has 1 aliphatic rings. The van der Waals surface area contributed by atoms with E-state index in [4.69, 9.17) is 9.47 Å². The summed E-state index contributed by atoms with van der Waals surface area (Å²) in [5.74, 6) is 1.27. The van der Waals surface area contributed by atoms with Crippen molar-refractivity contribution in [3.63, 3.8) is 0 Å². The van der Waals surface area contributed by atoms with Crippen molar-refractivity contribution in [2.75, 3.05) is 18.4 Å². The first-order valence-electron chi connectivity index (χ1n) is 6.78. The van der Waals surface area contributed by atoms with Gasteiger partial charge in [0.05, 0.1) is 5.69 Å². The number of para-hydroxylation sites is 1. The van der Waals surface area contributed by atoms with Crippen LogP contribution < -0.4 is 14.8 Å². The largest absolute Gasteiger partial charge is 0.454 e. The van der Waals surface area contributed by atoms with Crippen LogP contribution in [0.25, 0.3) is 6.08 Å². The van der Waals surface area contributed by atoms with Crippen LogP contribution in [0.3, 0.4) is 0 Å².